The molecule has 0 fully saturated rings. The minimum absolute atomic E-state index is 0.0424. The predicted molar refractivity (Wildman–Crippen MR) is 113 cm³/mol. The standard InChI is InChI=1S/C18H14Br2ClF4N5O/c1-9-15(20)16(18(23,24)25)27-30(9)6-5-14(31)26-17-11(19)8-29(28-17)7-10-12(21)3-2-4-13(10)22/h2-4,8H,5-7H2,1H3,(H,26,28,31). The van der Waals surface area contributed by atoms with Gasteiger partial charge in [-0.1, -0.05) is 17.7 Å². The molecule has 0 bridgehead atoms. The van der Waals surface area contributed by atoms with Gasteiger partial charge in [0.05, 0.1) is 27.7 Å². The Morgan fingerprint density at radius 1 is 1.26 bits per heavy atom. The first-order valence-corrected chi connectivity index (χ1v) is 10.7. The molecule has 31 heavy (non-hydrogen) atoms. The van der Waals surface area contributed by atoms with Crippen LogP contribution in [0.1, 0.15) is 23.4 Å². The van der Waals surface area contributed by atoms with Crippen LogP contribution in [0.2, 0.25) is 5.02 Å². The van der Waals surface area contributed by atoms with Crippen LogP contribution in [0.3, 0.4) is 0 Å². The van der Waals surface area contributed by atoms with E-state index in [4.69, 9.17) is 11.6 Å². The fraction of sp³-hybridized carbons (Fsp3) is 0.278. The molecular weight excluding hydrogens is 573 g/mol. The molecule has 0 aliphatic heterocycles. The molecule has 2 aromatic heterocycles. The number of alkyl halides is 3. The Kier molecular flexibility index (Phi) is 7.11. The highest BCUT2D eigenvalue weighted by molar-refractivity contribution is 9.11. The Morgan fingerprint density at radius 2 is 1.97 bits per heavy atom. The number of hydrogen-bond donors (Lipinski definition) is 1. The maximum Gasteiger partial charge on any atom is 0.436 e. The summed E-state index contributed by atoms with van der Waals surface area (Å²) in [6.07, 6.45) is -3.19. The van der Waals surface area contributed by atoms with Gasteiger partial charge in [-0.2, -0.15) is 23.4 Å². The van der Waals surface area contributed by atoms with Crippen molar-refractivity contribution in [3.8, 4) is 0 Å². The Bertz CT molecular complexity index is 1110. The summed E-state index contributed by atoms with van der Waals surface area (Å²) in [6.45, 7) is 1.45. The maximum absolute atomic E-state index is 14.0. The van der Waals surface area contributed by atoms with E-state index in [1.165, 1.54) is 23.7 Å². The lowest BCUT2D eigenvalue weighted by molar-refractivity contribution is -0.142. The van der Waals surface area contributed by atoms with Gasteiger partial charge in [0.1, 0.15) is 5.82 Å². The Hall–Kier alpha value is -1.92. The number of anilines is 1. The Balaban J connectivity index is 1.66. The van der Waals surface area contributed by atoms with Gasteiger partial charge in [-0.3, -0.25) is 14.2 Å². The molecule has 166 valence electrons. The highest BCUT2D eigenvalue weighted by Gasteiger charge is 2.37. The number of nitrogens with one attached hydrogen (secondary N) is 1. The molecule has 6 nitrogen and oxygen atoms in total. The number of aryl methyl sites for hydroxylation is 1. The lowest BCUT2D eigenvalue weighted by atomic mass is 10.2. The highest BCUT2D eigenvalue weighted by Crippen LogP contribution is 2.35. The Morgan fingerprint density at radius 3 is 2.58 bits per heavy atom. The van der Waals surface area contributed by atoms with Crippen LogP contribution >= 0.6 is 43.5 Å². The molecule has 13 heteroatoms. The minimum Gasteiger partial charge on any atom is -0.308 e. The molecule has 0 atom stereocenters. The van der Waals surface area contributed by atoms with Gasteiger partial charge in [-0.05, 0) is 50.9 Å². The first kappa shape index (κ1) is 23.7. The third-order valence-electron chi connectivity index (χ3n) is 4.31. The number of amides is 1. The molecule has 0 radical (unpaired) electrons. The quantitative estimate of drug-likeness (QED) is 0.371. The monoisotopic (exact) mass is 585 g/mol. The lowest BCUT2D eigenvalue weighted by Crippen LogP contribution is -2.17. The maximum atomic E-state index is 14.0. The van der Waals surface area contributed by atoms with Crippen molar-refractivity contribution in [2.45, 2.75) is 32.6 Å². The van der Waals surface area contributed by atoms with Gasteiger partial charge in [-0.15, -0.1) is 0 Å². The van der Waals surface area contributed by atoms with E-state index < -0.39 is 23.6 Å². The molecule has 2 heterocycles. The van der Waals surface area contributed by atoms with Crippen LogP contribution in [-0.2, 0) is 24.1 Å². The zero-order chi connectivity index (χ0) is 22.9. The summed E-state index contributed by atoms with van der Waals surface area (Å²) >= 11 is 12.2. The molecule has 1 N–H and O–H groups in total. The van der Waals surface area contributed by atoms with Crippen molar-refractivity contribution in [2.24, 2.45) is 0 Å². The average Bonchev–Trinajstić information content (AvgIpc) is 3.16. The van der Waals surface area contributed by atoms with Crippen molar-refractivity contribution in [1.82, 2.24) is 19.6 Å². The molecule has 0 spiro atoms. The van der Waals surface area contributed by atoms with E-state index >= 15 is 0 Å². The summed E-state index contributed by atoms with van der Waals surface area (Å²) in [4.78, 5) is 12.3. The van der Waals surface area contributed by atoms with Crippen molar-refractivity contribution in [1.29, 1.82) is 0 Å². The predicted octanol–water partition coefficient (Wildman–Crippen LogP) is 5.80. The summed E-state index contributed by atoms with van der Waals surface area (Å²) in [7, 11) is 0. The third kappa shape index (κ3) is 5.47. The van der Waals surface area contributed by atoms with Crippen LogP contribution in [0.15, 0.2) is 33.3 Å². The summed E-state index contributed by atoms with van der Waals surface area (Å²) in [5.41, 5.74) is -0.539. The van der Waals surface area contributed by atoms with Crippen molar-refractivity contribution in [3.63, 3.8) is 0 Å². The summed E-state index contributed by atoms with van der Waals surface area (Å²) in [5.74, 6) is -0.773. The van der Waals surface area contributed by atoms with Gasteiger partial charge < -0.3 is 5.32 Å². The van der Waals surface area contributed by atoms with Gasteiger partial charge in [0.2, 0.25) is 5.91 Å². The lowest BCUT2D eigenvalue weighted by Gasteiger charge is -2.06. The van der Waals surface area contributed by atoms with E-state index in [0.717, 1.165) is 4.68 Å². The van der Waals surface area contributed by atoms with Crippen molar-refractivity contribution < 1.29 is 22.4 Å². The zero-order valence-corrected chi connectivity index (χ0v) is 19.7. The smallest absolute Gasteiger partial charge is 0.308 e. The molecule has 0 aliphatic rings. The number of carbonyl (C=O) groups is 1. The minimum atomic E-state index is -4.60. The van der Waals surface area contributed by atoms with Gasteiger partial charge in [0.15, 0.2) is 11.5 Å². The molecule has 0 saturated carbocycles. The molecule has 0 aliphatic carbocycles. The van der Waals surface area contributed by atoms with Crippen LogP contribution in [0.5, 0.6) is 0 Å². The normalized spacial score (nSPS) is 11.7. The largest absolute Gasteiger partial charge is 0.436 e. The first-order valence-electron chi connectivity index (χ1n) is 8.73. The van der Waals surface area contributed by atoms with E-state index in [0.29, 0.717) is 4.47 Å². The molecule has 3 aromatic rings. The van der Waals surface area contributed by atoms with Crippen LogP contribution in [0.4, 0.5) is 23.4 Å². The van der Waals surface area contributed by atoms with Gasteiger partial charge in [-0.25, -0.2) is 4.39 Å². The van der Waals surface area contributed by atoms with Crippen molar-refractivity contribution >= 4 is 55.2 Å². The van der Waals surface area contributed by atoms with Crippen molar-refractivity contribution in [3.05, 3.63) is 61.1 Å². The highest BCUT2D eigenvalue weighted by atomic mass is 79.9. The van der Waals surface area contributed by atoms with E-state index in [9.17, 15) is 22.4 Å². The van der Waals surface area contributed by atoms with Crippen LogP contribution in [0, 0.1) is 12.7 Å². The summed E-state index contributed by atoms with van der Waals surface area (Å²) in [5, 5.41) is 10.5. The molecule has 0 unspecified atom stereocenters. The van der Waals surface area contributed by atoms with E-state index in [1.54, 1.807) is 12.3 Å². The number of carbonyl (C=O) groups excluding carboxylic acids is 1. The zero-order valence-electron chi connectivity index (χ0n) is 15.8. The van der Waals surface area contributed by atoms with Gasteiger partial charge >= 0.3 is 6.18 Å². The third-order valence-corrected chi connectivity index (χ3v) is 6.19. The number of halogens is 7. The topological polar surface area (TPSA) is 64.7 Å². The van der Waals surface area contributed by atoms with Gasteiger partial charge in [0.25, 0.3) is 0 Å². The molecule has 3 rings (SSSR count). The molecule has 0 saturated heterocycles. The van der Waals surface area contributed by atoms with E-state index in [-0.39, 0.29) is 46.1 Å². The second-order valence-corrected chi connectivity index (χ2v) is 8.55. The second kappa shape index (κ2) is 9.29. The van der Waals surface area contributed by atoms with Crippen LogP contribution < -0.4 is 5.32 Å². The fourth-order valence-electron chi connectivity index (χ4n) is 2.73. The Labute approximate surface area is 195 Å². The number of hydrogen-bond acceptors (Lipinski definition) is 3. The number of rotatable bonds is 6. The summed E-state index contributed by atoms with van der Waals surface area (Å²) in [6, 6.07) is 4.33. The SMILES string of the molecule is Cc1c(Br)c(C(F)(F)F)nn1CCC(=O)Nc1nn(Cc2c(F)cccc2Cl)cc1Br. The van der Waals surface area contributed by atoms with E-state index in [2.05, 4.69) is 47.4 Å². The number of nitrogens with zero attached hydrogens (tertiary/aromatic N) is 4. The van der Waals surface area contributed by atoms with Crippen molar-refractivity contribution in [2.75, 3.05) is 5.32 Å². The first-order chi connectivity index (χ1) is 14.5. The summed E-state index contributed by atoms with van der Waals surface area (Å²) < 4.78 is 55.6. The number of aromatic nitrogens is 4. The fourth-order valence-corrected chi connectivity index (χ4v) is 3.88. The second-order valence-electron chi connectivity index (χ2n) is 6.49. The van der Waals surface area contributed by atoms with Crippen LogP contribution in [-0.4, -0.2) is 25.5 Å². The molecule has 1 amide bonds. The number of benzene rings is 1. The molecule has 1 aromatic carbocycles. The van der Waals surface area contributed by atoms with Gasteiger partial charge in [0, 0.05) is 23.2 Å². The van der Waals surface area contributed by atoms with Crippen LogP contribution in [0.25, 0.3) is 0 Å². The average molecular weight is 588 g/mol. The molecular formula is C18H14Br2ClF4N5O. The van der Waals surface area contributed by atoms with E-state index in [1.807, 2.05) is 0 Å².